The Morgan fingerprint density at radius 1 is 0.805 bits per heavy atom. The summed E-state index contributed by atoms with van der Waals surface area (Å²) in [5.74, 6) is 0. The summed E-state index contributed by atoms with van der Waals surface area (Å²) in [4.78, 5) is 0. The van der Waals surface area contributed by atoms with E-state index in [1.807, 2.05) is 0 Å². The van der Waals surface area contributed by atoms with Gasteiger partial charge in [0, 0.05) is 19.7 Å². The van der Waals surface area contributed by atoms with Crippen LogP contribution in [0.25, 0.3) is 0 Å². The second kappa shape index (κ2) is 15.6. The molecule has 0 N–H and O–H groups in total. The molecule has 0 saturated carbocycles. The number of hydrogen-bond acceptors (Lipinski definition) is 1. The minimum Gasteiger partial charge on any atom is -0.288 e. The van der Waals surface area contributed by atoms with Gasteiger partial charge < -0.3 is 0 Å². The Labute approximate surface area is 258 Å². The van der Waals surface area contributed by atoms with Crippen LogP contribution in [-0.4, -0.2) is 17.8 Å². The smallest absolute Gasteiger partial charge is 0.288 e. The zero-order valence-electron chi connectivity index (χ0n) is 23.0. The summed E-state index contributed by atoms with van der Waals surface area (Å²) >= 11 is 0. The Balaban J connectivity index is 0.000000584. The second-order valence-corrected chi connectivity index (χ2v) is 13.6. The summed E-state index contributed by atoms with van der Waals surface area (Å²) < 4.78 is 2.55. The van der Waals surface area contributed by atoms with Crippen molar-refractivity contribution in [1.29, 1.82) is 0 Å². The average Bonchev–Trinajstić information content (AvgIpc) is 3.76. The van der Waals surface area contributed by atoms with Gasteiger partial charge in [0.15, 0.2) is 0 Å². The van der Waals surface area contributed by atoms with Gasteiger partial charge in [-0.1, -0.05) is 91.0 Å². The quantitative estimate of drug-likeness (QED) is 0.111. The van der Waals surface area contributed by atoms with Crippen molar-refractivity contribution in [3.8, 4) is 0 Å². The summed E-state index contributed by atoms with van der Waals surface area (Å²) in [6.07, 6.45) is 20.3. The maximum absolute atomic E-state index is 3.65. The molecule has 3 aliphatic rings. The molecule has 4 heteroatoms. The van der Waals surface area contributed by atoms with Crippen LogP contribution in [0.1, 0.15) is 6.92 Å². The molecule has 0 saturated heterocycles. The van der Waals surface area contributed by atoms with Gasteiger partial charge in [0.1, 0.15) is 0 Å². The zero-order chi connectivity index (χ0) is 27.6. The summed E-state index contributed by atoms with van der Waals surface area (Å²) in [5, 5.41) is 6.87. The molecular formula is C37H29FeNP2. The van der Waals surface area contributed by atoms with E-state index < -0.39 is 16.0 Å². The van der Waals surface area contributed by atoms with E-state index in [9.17, 15) is 0 Å². The Bertz CT molecular complexity index is 1550. The van der Waals surface area contributed by atoms with Gasteiger partial charge in [-0.2, -0.15) is 24.6 Å². The molecule has 3 aromatic rings. The van der Waals surface area contributed by atoms with E-state index in [0.29, 0.717) is 0 Å². The fourth-order valence-electron chi connectivity index (χ4n) is 4.65. The molecule has 0 aliphatic heterocycles. The molecule has 0 fully saturated rings. The van der Waals surface area contributed by atoms with Gasteiger partial charge in [-0.15, -0.1) is 29.6 Å². The van der Waals surface area contributed by atoms with Crippen LogP contribution in [0, 0.1) is 25.0 Å². The molecule has 0 spiro atoms. The number of benzene rings is 3. The minimum atomic E-state index is -0.676. The van der Waals surface area contributed by atoms with Crippen LogP contribution in [0.2, 0.25) is 0 Å². The molecule has 3 aliphatic carbocycles. The maximum atomic E-state index is 3.65. The molecule has 3 aromatic carbocycles. The maximum Gasteiger partial charge on any atom is 2.00 e. The van der Waals surface area contributed by atoms with Gasteiger partial charge in [-0.05, 0) is 55.3 Å². The van der Waals surface area contributed by atoms with Crippen molar-refractivity contribution < 1.29 is 17.1 Å². The van der Waals surface area contributed by atoms with Crippen molar-refractivity contribution in [2.24, 2.45) is 0 Å². The van der Waals surface area contributed by atoms with Crippen LogP contribution >= 0.6 is 16.0 Å². The molecule has 2 atom stereocenters. The van der Waals surface area contributed by atoms with Crippen LogP contribution in [-0.2, 0) is 17.1 Å². The fourth-order valence-corrected chi connectivity index (χ4v) is 9.56. The Morgan fingerprint density at radius 2 is 1.41 bits per heavy atom. The topological polar surface area (TPSA) is 3.24 Å². The number of hydrogen-bond donors (Lipinski definition) is 0. The summed E-state index contributed by atoms with van der Waals surface area (Å²) in [6, 6.07) is 33.0. The Hall–Kier alpha value is -3.31. The van der Waals surface area contributed by atoms with Gasteiger partial charge in [-0.3, -0.25) is 16.1 Å². The predicted molar refractivity (Wildman–Crippen MR) is 172 cm³/mol. The second-order valence-electron chi connectivity index (χ2n) is 9.14. The molecular weight excluding hydrogens is 576 g/mol. The van der Waals surface area contributed by atoms with Gasteiger partial charge in [-0.25, -0.2) is 5.73 Å². The van der Waals surface area contributed by atoms with Gasteiger partial charge in [0.2, 0.25) is 0 Å². The normalized spacial score (nSPS) is 15.5. The SMILES string of the molecule is C[C@H](C1=C=CC=C1P(C1=C[CH]C=C[CH-]1)c1ccccc1)N(C)P(c1ccccc1)c1ccccc1.[C]1=C=C=C=[C-]1.[Fe+2]. The van der Waals surface area contributed by atoms with Crippen LogP contribution in [0.3, 0.4) is 0 Å². The molecule has 0 aromatic heterocycles. The van der Waals surface area contributed by atoms with Crippen LogP contribution < -0.4 is 15.9 Å². The fraction of sp³-hybridized carbons (Fsp3) is 0.0811. The van der Waals surface area contributed by atoms with E-state index in [2.05, 4.69) is 188 Å². The van der Waals surface area contributed by atoms with E-state index >= 15 is 0 Å². The number of allylic oxidation sites excluding steroid dienone is 7. The largest absolute Gasteiger partial charge is 2.00 e. The first kappa shape index (κ1) is 30.6. The summed E-state index contributed by atoms with van der Waals surface area (Å²) in [6.45, 7) is 2.33. The zero-order valence-corrected chi connectivity index (χ0v) is 25.9. The van der Waals surface area contributed by atoms with E-state index in [0.717, 1.165) is 0 Å². The van der Waals surface area contributed by atoms with E-state index in [4.69, 9.17) is 0 Å². The van der Waals surface area contributed by atoms with Gasteiger partial charge in [0.25, 0.3) is 0 Å². The van der Waals surface area contributed by atoms with Crippen LogP contribution in [0.4, 0.5) is 0 Å². The first-order valence-corrected chi connectivity index (χ1v) is 15.8. The van der Waals surface area contributed by atoms with E-state index in [1.165, 1.54) is 32.1 Å². The molecule has 41 heavy (non-hydrogen) atoms. The molecule has 1 nitrogen and oxygen atoms in total. The third kappa shape index (κ3) is 7.71. The first-order chi connectivity index (χ1) is 19.7. The van der Waals surface area contributed by atoms with Crippen LogP contribution in [0.15, 0.2) is 161 Å². The van der Waals surface area contributed by atoms with Crippen molar-refractivity contribution in [2.45, 2.75) is 13.0 Å². The minimum absolute atomic E-state index is 0. The number of nitrogens with zero attached hydrogens (tertiary/aromatic N) is 1. The number of likely N-dealkylation sites (N-methyl/N-ethyl adjacent to an activating group) is 1. The predicted octanol–water partition coefficient (Wildman–Crippen LogP) is 7.63. The summed E-state index contributed by atoms with van der Waals surface area (Å²) in [7, 11) is 0.931. The molecule has 1 unspecified atom stereocenters. The van der Waals surface area contributed by atoms with Crippen molar-refractivity contribution in [3.05, 3.63) is 185 Å². The van der Waals surface area contributed by atoms with Crippen molar-refractivity contribution in [1.82, 2.24) is 4.67 Å². The molecule has 200 valence electrons. The van der Waals surface area contributed by atoms with Gasteiger partial charge >= 0.3 is 17.1 Å². The average molecular weight is 605 g/mol. The molecule has 6 rings (SSSR count). The standard InChI is InChI=1S/C32H29NP2.C5.Fe/c1-26(33(2)35(29-20-11-5-12-21-29)30-22-13-6-14-23-30)31-24-15-25-32(31)34(27-16-7-3-8-17-27)28-18-9-4-10-19-28;1-2-4-5-3-1;/h3-23,25-26H,1-2H3;;/q2*-1;+2/t26-;;/m1../s1. The van der Waals surface area contributed by atoms with Crippen molar-refractivity contribution in [2.75, 3.05) is 7.05 Å². The van der Waals surface area contributed by atoms with Crippen molar-refractivity contribution >= 4 is 31.9 Å². The van der Waals surface area contributed by atoms with E-state index in [1.54, 1.807) is 0 Å². The Kier molecular flexibility index (Phi) is 11.7. The first-order valence-electron chi connectivity index (χ1n) is 13.2. The third-order valence-corrected chi connectivity index (χ3v) is 11.7. The molecule has 0 heterocycles. The van der Waals surface area contributed by atoms with Gasteiger partial charge in [0.05, 0.1) is 0 Å². The third-order valence-electron chi connectivity index (χ3n) is 6.63. The van der Waals surface area contributed by atoms with E-state index in [-0.39, 0.29) is 23.1 Å². The molecule has 2 radical (unpaired) electrons. The number of rotatable bonds is 8. The van der Waals surface area contributed by atoms with Crippen molar-refractivity contribution in [3.63, 3.8) is 0 Å². The molecule has 0 bridgehead atoms. The summed E-state index contributed by atoms with van der Waals surface area (Å²) in [5.41, 5.74) is 12.4. The Morgan fingerprint density at radius 3 is 1.90 bits per heavy atom. The van der Waals surface area contributed by atoms with Crippen LogP contribution in [0.5, 0.6) is 0 Å². The monoisotopic (exact) mass is 605 g/mol. The molecule has 0 amide bonds.